The van der Waals surface area contributed by atoms with E-state index < -0.39 is 23.5 Å². The van der Waals surface area contributed by atoms with Gasteiger partial charge in [-0.1, -0.05) is 29.3 Å². The molecule has 9 heteroatoms. The Kier molecular flexibility index (Phi) is 8.26. The first-order valence-electron chi connectivity index (χ1n) is 10.0. The third kappa shape index (κ3) is 6.42. The number of hydrogen-bond acceptors (Lipinski definition) is 5. The number of carbonyl (C=O) groups is 3. The molecule has 31 heavy (non-hydrogen) atoms. The second-order valence-corrected chi connectivity index (χ2v) is 8.02. The number of rotatable bonds is 10. The minimum absolute atomic E-state index is 0.100. The maximum atomic E-state index is 12.4. The van der Waals surface area contributed by atoms with Gasteiger partial charge in [0.25, 0.3) is 5.91 Å². The number of hydrogen-bond donors (Lipinski definition) is 1. The molecule has 2 aromatic rings. The first kappa shape index (κ1) is 23.0. The van der Waals surface area contributed by atoms with Crippen LogP contribution in [0.1, 0.15) is 18.4 Å². The van der Waals surface area contributed by atoms with Gasteiger partial charge in [-0.15, -0.1) is 0 Å². The number of pyridine rings is 1. The lowest BCUT2D eigenvalue weighted by atomic mass is 10.1. The van der Waals surface area contributed by atoms with Crippen LogP contribution in [0, 0.1) is 5.92 Å². The molecule has 1 saturated heterocycles. The average Bonchev–Trinajstić information content (AvgIpc) is 3.06. The first-order chi connectivity index (χ1) is 15.0. The number of aromatic nitrogens is 1. The van der Waals surface area contributed by atoms with Gasteiger partial charge in [-0.25, -0.2) is 0 Å². The highest BCUT2D eigenvalue weighted by atomic mass is 35.5. The largest absolute Gasteiger partial charge is 0.492 e. The van der Waals surface area contributed by atoms with Gasteiger partial charge in [-0.2, -0.15) is 0 Å². The highest BCUT2D eigenvalue weighted by Crippen LogP contribution is 2.23. The first-order valence-corrected chi connectivity index (χ1v) is 10.8. The van der Waals surface area contributed by atoms with Crippen LogP contribution < -0.4 is 10.1 Å². The summed E-state index contributed by atoms with van der Waals surface area (Å²) < 4.78 is 5.54. The van der Waals surface area contributed by atoms with Gasteiger partial charge in [0.05, 0.1) is 22.8 Å². The number of nitrogens with one attached hydrogen (secondary N) is 1. The molecule has 3 rings (SSSR count). The zero-order valence-corrected chi connectivity index (χ0v) is 18.4. The van der Waals surface area contributed by atoms with Crippen molar-refractivity contribution >= 4 is 40.8 Å². The normalized spacial score (nSPS) is 15.9. The Balaban J connectivity index is 1.38. The van der Waals surface area contributed by atoms with Crippen LogP contribution in [0.4, 0.5) is 0 Å². The lowest BCUT2D eigenvalue weighted by molar-refractivity contribution is -0.142. The average molecular weight is 464 g/mol. The van der Waals surface area contributed by atoms with Crippen LogP contribution in [0.3, 0.4) is 0 Å². The van der Waals surface area contributed by atoms with Gasteiger partial charge >= 0.3 is 0 Å². The molecule has 1 aromatic heterocycles. The summed E-state index contributed by atoms with van der Waals surface area (Å²) in [4.78, 5) is 42.2. The second kappa shape index (κ2) is 11.1. The number of likely N-dealkylation sites (tertiary alicyclic amines) is 1. The predicted octanol–water partition coefficient (Wildman–Crippen LogP) is 2.93. The van der Waals surface area contributed by atoms with Crippen molar-refractivity contribution in [2.24, 2.45) is 5.92 Å². The number of ketones is 1. The van der Waals surface area contributed by atoms with Crippen molar-refractivity contribution in [1.82, 2.24) is 15.2 Å². The minimum Gasteiger partial charge on any atom is -0.492 e. The van der Waals surface area contributed by atoms with Gasteiger partial charge in [0.1, 0.15) is 11.7 Å². The van der Waals surface area contributed by atoms with Crippen molar-refractivity contribution in [1.29, 1.82) is 0 Å². The van der Waals surface area contributed by atoms with Crippen LogP contribution >= 0.6 is 23.2 Å². The molecule has 1 atom stereocenters. The molecular weight excluding hydrogens is 441 g/mol. The van der Waals surface area contributed by atoms with Crippen molar-refractivity contribution in [2.45, 2.75) is 19.3 Å². The zero-order valence-electron chi connectivity index (χ0n) is 16.9. The third-order valence-corrected chi connectivity index (χ3v) is 5.67. The van der Waals surface area contributed by atoms with E-state index in [-0.39, 0.29) is 6.54 Å². The summed E-state index contributed by atoms with van der Waals surface area (Å²) in [5, 5.41) is 3.74. The molecule has 0 spiro atoms. The van der Waals surface area contributed by atoms with Crippen molar-refractivity contribution < 1.29 is 19.1 Å². The molecule has 1 N–H and O–H groups in total. The number of ether oxygens (including phenoxy) is 1. The molecule has 7 nitrogen and oxygen atoms in total. The Morgan fingerprint density at radius 2 is 2.03 bits per heavy atom. The Morgan fingerprint density at radius 1 is 1.19 bits per heavy atom. The number of carbonyl (C=O) groups excluding carboxylic acids is 3. The van der Waals surface area contributed by atoms with Crippen molar-refractivity contribution in [3.05, 3.63) is 58.3 Å². The number of benzene rings is 1. The van der Waals surface area contributed by atoms with Crippen LogP contribution in [-0.2, 0) is 20.8 Å². The van der Waals surface area contributed by atoms with E-state index in [1.807, 2.05) is 6.07 Å². The number of amides is 2. The van der Waals surface area contributed by atoms with E-state index in [1.54, 1.807) is 36.7 Å². The smallest absolute Gasteiger partial charge is 0.290 e. The maximum absolute atomic E-state index is 12.4. The molecule has 1 aliphatic rings. The van der Waals surface area contributed by atoms with E-state index in [2.05, 4.69) is 10.3 Å². The van der Waals surface area contributed by atoms with E-state index in [9.17, 15) is 14.4 Å². The lowest BCUT2D eigenvalue weighted by Gasteiger charge is -2.15. The summed E-state index contributed by atoms with van der Waals surface area (Å²) in [6.45, 7) is 1.24. The molecule has 1 aliphatic heterocycles. The van der Waals surface area contributed by atoms with E-state index in [0.717, 1.165) is 5.56 Å². The SMILES string of the molecule is O=C(NCCCc1ccc(Cl)c(Cl)c1)C1CN(CCCOc2cccnc2)C(=O)C1=O. The molecular formula is C22H23Cl2N3O4. The Labute approximate surface area is 190 Å². The fourth-order valence-electron chi connectivity index (χ4n) is 3.29. The molecule has 1 fully saturated rings. The Bertz CT molecular complexity index is 940. The summed E-state index contributed by atoms with van der Waals surface area (Å²) >= 11 is 11.9. The van der Waals surface area contributed by atoms with Crippen LogP contribution in [0.5, 0.6) is 5.75 Å². The topological polar surface area (TPSA) is 88.6 Å². The highest BCUT2D eigenvalue weighted by molar-refractivity contribution is 6.42. The van der Waals surface area contributed by atoms with E-state index in [4.69, 9.17) is 27.9 Å². The van der Waals surface area contributed by atoms with E-state index in [0.29, 0.717) is 54.8 Å². The maximum Gasteiger partial charge on any atom is 0.290 e. The summed E-state index contributed by atoms with van der Waals surface area (Å²) in [5.41, 5.74) is 1.01. The second-order valence-electron chi connectivity index (χ2n) is 7.20. The van der Waals surface area contributed by atoms with Crippen molar-refractivity contribution in [2.75, 3.05) is 26.2 Å². The van der Waals surface area contributed by atoms with Gasteiger partial charge < -0.3 is 15.0 Å². The standard InChI is InChI=1S/C22H23Cl2N3O4/c23-18-7-6-15(12-19(18)24)4-1-9-26-21(29)17-14-27(22(30)20(17)28)10-3-11-31-16-5-2-8-25-13-16/h2,5-8,12-13,17H,1,3-4,9-11,14H2,(H,26,29). The van der Waals surface area contributed by atoms with Gasteiger partial charge in [-0.3, -0.25) is 19.4 Å². The van der Waals surface area contributed by atoms with Crippen molar-refractivity contribution in [3.63, 3.8) is 0 Å². The summed E-state index contributed by atoms with van der Waals surface area (Å²) in [7, 11) is 0. The van der Waals surface area contributed by atoms with Gasteiger partial charge in [-0.05, 0) is 49.1 Å². The number of aryl methyl sites for hydroxylation is 1. The molecule has 1 aromatic carbocycles. The molecule has 0 aliphatic carbocycles. The molecule has 2 amide bonds. The summed E-state index contributed by atoms with van der Waals surface area (Å²) in [5.74, 6) is -2.00. The lowest BCUT2D eigenvalue weighted by Crippen LogP contribution is -2.36. The van der Waals surface area contributed by atoms with Gasteiger partial charge in [0.15, 0.2) is 0 Å². The van der Waals surface area contributed by atoms with Crippen LogP contribution in [0.25, 0.3) is 0 Å². The highest BCUT2D eigenvalue weighted by Gasteiger charge is 2.42. The number of Topliss-reactive ketones (excluding diaryl/α,β-unsaturated/α-hetero) is 1. The Morgan fingerprint density at radius 3 is 2.77 bits per heavy atom. The molecule has 2 heterocycles. The minimum atomic E-state index is -0.961. The Hall–Kier alpha value is -2.64. The van der Waals surface area contributed by atoms with E-state index in [1.165, 1.54) is 4.90 Å². The molecule has 0 bridgehead atoms. The number of halogens is 2. The van der Waals surface area contributed by atoms with E-state index >= 15 is 0 Å². The summed E-state index contributed by atoms with van der Waals surface area (Å²) in [6.07, 6.45) is 5.18. The fourth-order valence-corrected chi connectivity index (χ4v) is 3.61. The molecule has 0 saturated carbocycles. The molecule has 164 valence electrons. The van der Waals surface area contributed by atoms with Gasteiger partial charge in [0, 0.05) is 25.8 Å². The van der Waals surface area contributed by atoms with Crippen LogP contribution in [0.2, 0.25) is 10.0 Å². The quantitative estimate of drug-likeness (QED) is 0.332. The van der Waals surface area contributed by atoms with Crippen molar-refractivity contribution in [3.8, 4) is 5.75 Å². The third-order valence-electron chi connectivity index (χ3n) is 4.93. The molecule has 0 radical (unpaired) electrons. The number of nitrogens with zero attached hydrogens (tertiary/aromatic N) is 2. The monoisotopic (exact) mass is 463 g/mol. The summed E-state index contributed by atoms with van der Waals surface area (Å²) in [6, 6.07) is 8.97. The van der Waals surface area contributed by atoms with Gasteiger partial charge in [0.2, 0.25) is 11.7 Å². The van der Waals surface area contributed by atoms with Crippen LogP contribution in [0.15, 0.2) is 42.7 Å². The van der Waals surface area contributed by atoms with Crippen LogP contribution in [-0.4, -0.2) is 53.7 Å². The zero-order chi connectivity index (χ0) is 22.2. The predicted molar refractivity (Wildman–Crippen MR) is 117 cm³/mol. The molecule has 1 unspecified atom stereocenters. The fraction of sp³-hybridized carbons (Fsp3) is 0.364.